The highest BCUT2D eigenvalue weighted by atomic mass is 19.3. The molecular formula is C33H43F3N6O4. The molecule has 0 radical (unpaired) electrons. The molecular weight excluding hydrogens is 601 g/mol. The molecule has 1 saturated heterocycles. The van der Waals surface area contributed by atoms with Crippen molar-refractivity contribution >= 4 is 23.6 Å². The van der Waals surface area contributed by atoms with E-state index in [-0.39, 0.29) is 63.4 Å². The highest BCUT2D eigenvalue weighted by Crippen LogP contribution is 2.42. The van der Waals surface area contributed by atoms with Crippen LogP contribution >= 0.6 is 0 Å². The number of halogens is 3. The minimum absolute atomic E-state index is 0.0840. The van der Waals surface area contributed by atoms with Gasteiger partial charge >= 0.3 is 6.09 Å². The summed E-state index contributed by atoms with van der Waals surface area (Å²) in [6.45, 7) is 13.7. The standard InChI is InChI=1S/C33H43F3N6O4/c1-8-11-33(35,36)26-13-25-28(38-37-26)32(6,7)19-42(25)27(43)18-39-14-20(2)41(30(45)46-31(3,4)5)17-23(39)16-40-15-21-9-10-22(34)12-24(21)29(40)44/h9-10,12-13,20,23H,8,11,14-19H2,1-7H3/t20-,23+/m1/s1. The molecule has 4 heterocycles. The summed E-state index contributed by atoms with van der Waals surface area (Å²) in [5, 5.41) is 8.01. The molecule has 0 bridgehead atoms. The molecule has 250 valence electrons. The quantitative estimate of drug-likeness (QED) is 0.414. The molecule has 0 N–H and O–H groups in total. The van der Waals surface area contributed by atoms with Gasteiger partial charge in [-0.05, 0) is 51.5 Å². The van der Waals surface area contributed by atoms with Crippen LogP contribution in [-0.2, 0) is 27.4 Å². The van der Waals surface area contributed by atoms with Crippen LogP contribution in [0.15, 0.2) is 24.3 Å². The molecule has 0 saturated carbocycles. The monoisotopic (exact) mass is 644 g/mol. The molecule has 5 rings (SSSR count). The molecule has 1 fully saturated rings. The molecule has 0 unspecified atom stereocenters. The number of carbonyl (C=O) groups is 3. The van der Waals surface area contributed by atoms with Gasteiger partial charge in [-0.1, -0.05) is 33.3 Å². The topological polar surface area (TPSA) is 99.2 Å². The molecule has 46 heavy (non-hydrogen) atoms. The molecule has 0 aliphatic carbocycles. The minimum atomic E-state index is -3.18. The molecule has 3 aliphatic rings. The van der Waals surface area contributed by atoms with Gasteiger partial charge < -0.3 is 19.4 Å². The highest BCUT2D eigenvalue weighted by Gasteiger charge is 2.45. The predicted octanol–water partition coefficient (Wildman–Crippen LogP) is 5.10. The summed E-state index contributed by atoms with van der Waals surface area (Å²) in [6, 6.07) is 4.62. The lowest BCUT2D eigenvalue weighted by molar-refractivity contribution is -0.121. The summed E-state index contributed by atoms with van der Waals surface area (Å²) in [4.78, 5) is 47.2. The van der Waals surface area contributed by atoms with E-state index in [4.69, 9.17) is 4.74 Å². The average Bonchev–Trinajstić information content (AvgIpc) is 3.40. The second-order valence-electron chi connectivity index (χ2n) is 14.3. The van der Waals surface area contributed by atoms with E-state index < -0.39 is 40.6 Å². The van der Waals surface area contributed by atoms with E-state index in [2.05, 4.69) is 10.2 Å². The van der Waals surface area contributed by atoms with E-state index >= 15 is 0 Å². The number of rotatable bonds is 7. The van der Waals surface area contributed by atoms with Gasteiger partial charge in [-0.25, -0.2) is 9.18 Å². The first-order valence-corrected chi connectivity index (χ1v) is 15.8. The molecule has 1 aromatic heterocycles. The summed E-state index contributed by atoms with van der Waals surface area (Å²) in [5.41, 5.74) is -0.00389. The molecule has 3 amide bonds. The Morgan fingerprint density at radius 2 is 1.83 bits per heavy atom. The number of amides is 3. The fourth-order valence-electron chi connectivity index (χ4n) is 6.51. The van der Waals surface area contributed by atoms with Crippen LogP contribution in [-0.4, -0.2) is 93.2 Å². The van der Waals surface area contributed by atoms with Gasteiger partial charge in [0.1, 0.15) is 17.1 Å². The number of nitrogens with zero attached hydrogens (tertiary/aromatic N) is 6. The lowest BCUT2D eigenvalue weighted by Crippen LogP contribution is -2.63. The van der Waals surface area contributed by atoms with Crippen LogP contribution in [0, 0.1) is 5.82 Å². The van der Waals surface area contributed by atoms with Crippen molar-refractivity contribution < 1.29 is 32.3 Å². The van der Waals surface area contributed by atoms with Gasteiger partial charge in [-0.2, -0.15) is 13.9 Å². The Bertz CT molecular complexity index is 1530. The van der Waals surface area contributed by atoms with E-state index in [1.54, 1.807) is 43.6 Å². The number of alkyl halides is 2. The van der Waals surface area contributed by atoms with Gasteiger partial charge in [0.05, 0.1) is 17.9 Å². The van der Waals surface area contributed by atoms with Gasteiger partial charge in [-0.3, -0.25) is 14.5 Å². The third-order valence-electron chi connectivity index (χ3n) is 8.80. The maximum atomic E-state index is 14.9. The smallest absolute Gasteiger partial charge is 0.410 e. The SMILES string of the molecule is CCCC(F)(F)c1cc2c(nn1)C(C)(C)CN2C(=O)CN1C[C@@H](C)N(C(=O)OC(C)(C)C)C[C@@H]1CN1Cc2ccc(F)cc2C1=O. The van der Waals surface area contributed by atoms with Crippen molar-refractivity contribution in [3.05, 3.63) is 52.6 Å². The molecule has 10 nitrogen and oxygen atoms in total. The van der Waals surface area contributed by atoms with Crippen molar-refractivity contribution in [2.24, 2.45) is 0 Å². The van der Waals surface area contributed by atoms with Gasteiger partial charge in [0.25, 0.3) is 11.8 Å². The normalized spacial score (nSPS) is 21.4. The third kappa shape index (κ3) is 6.70. The number of hydrogen-bond donors (Lipinski definition) is 0. The lowest BCUT2D eigenvalue weighted by atomic mass is 9.91. The molecule has 13 heteroatoms. The Morgan fingerprint density at radius 1 is 1.11 bits per heavy atom. The Labute approximate surface area is 267 Å². The van der Waals surface area contributed by atoms with Crippen LogP contribution in [0.5, 0.6) is 0 Å². The van der Waals surface area contributed by atoms with Crippen LogP contribution in [0.1, 0.15) is 88.6 Å². The van der Waals surface area contributed by atoms with Crippen molar-refractivity contribution in [2.45, 2.75) is 96.9 Å². The van der Waals surface area contributed by atoms with Gasteiger partial charge in [0.2, 0.25) is 5.91 Å². The van der Waals surface area contributed by atoms with Crippen molar-refractivity contribution in [3.8, 4) is 0 Å². The summed E-state index contributed by atoms with van der Waals surface area (Å²) < 4.78 is 49.3. The summed E-state index contributed by atoms with van der Waals surface area (Å²) in [6.07, 6.45) is -0.623. The Hall–Kier alpha value is -3.74. The number of anilines is 1. The number of hydrogen-bond acceptors (Lipinski definition) is 7. The fourth-order valence-corrected chi connectivity index (χ4v) is 6.51. The Kier molecular flexibility index (Phi) is 8.86. The van der Waals surface area contributed by atoms with Gasteiger partial charge in [0, 0.05) is 62.2 Å². The molecule has 1 aromatic carbocycles. The maximum Gasteiger partial charge on any atom is 0.410 e. The van der Waals surface area contributed by atoms with Gasteiger partial charge in [-0.15, -0.1) is 5.10 Å². The summed E-state index contributed by atoms with van der Waals surface area (Å²) >= 11 is 0. The first-order chi connectivity index (χ1) is 21.4. The van der Waals surface area contributed by atoms with Crippen LogP contribution in [0.4, 0.5) is 23.7 Å². The van der Waals surface area contributed by atoms with Crippen LogP contribution < -0.4 is 4.90 Å². The summed E-state index contributed by atoms with van der Waals surface area (Å²) in [7, 11) is 0. The number of ether oxygens (including phenoxy) is 1. The second kappa shape index (κ2) is 12.1. The van der Waals surface area contributed by atoms with Crippen molar-refractivity contribution in [1.29, 1.82) is 0 Å². The number of aromatic nitrogens is 2. The zero-order valence-electron chi connectivity index (χ0n) is 27.6. The van der Waals surface area contributed by atoms with E-state index in [9.17, 15) is 27.6 Å². The van der Waals surface area contributed by atoms with Crippen molar-refractivity contribution in [2.75, 3.05) is 37.6 Å². The number of carbonyl (C=O) groups excluding carboxylic acids is 3. The predicted molar refractivity (Wildman–Crippen MR) is 165 cm³/mol. The van der Waals surface area contributed by atoms with Crippen LogP contribution in [0.3, 0.4) is 0 Å². The van der Waals surface area contributed by atoms with Crippen LogP contribution in [0.2, 0.25) is 0 Å². The second-order valence-corrected chi connectivity index (χ2v) is 14.3. The van der Waals surface area contributed by atoms with E-state index in [0.717, 1.165) is 0 Å². The lowest BCUT2D eigenvalue weighted by Gasteiger charge is -2.46. The molecule has 2 atom stereocenters. The number of piperazine rings is 1. The largest absolute Gasteiger partial charge is 0.444 e. The van der Waals surface area contributed by atoms with Gasteiger partial charge in [0.15, 0.2) is 0 Å². The third-order valence-corrected chi connectivity index (χ3v) is 8.80. The minimum Gasteiger partial charge on any atom is -0.444 e. The van der Waals surface area contributed by atoms with E-state index in [1.807, 2.05) is 25.7 Å². The highest BCUT2D eigenvalue weighted by molar-refractivity contribution is 5.98. The maximum absolute atomic E-state index is 14.9. The average molecular weight is 645 g/mol. The van der Waals surface area contributed by atoms with Crippen molar-refractivity contribution in [3.63, 3.8) is 0 Å². The summed E-state index contributed by atoms with van der Waals surface area (Å²) in [5.74, 6) is -4.32. The Morgan fingerprint density at radius 3 is 2.50 bits per heavy atom. The zero-order valence-corrected chi connectivity index (χ0v) is 27.6. The first kappa shape index (κ1) is 33.6. The molecule has 0 spiro atoms. The molecule has 3 aliphatic heterocycles. The van der Waals surface area contributed by atoms with E-state index in [0.29, 0.717) is 29.1 Å². The zero-order chi connectivity index (χ0) is 33.8. The van der Waals surface area contributed by atoms with Crippen LogP contribution in [0.25, 0.3) is 0 Å². The number of fused-ring (bicyclic) bond motifs is 2. The van der Waals surface area contributed by atoms with E-state index in [1.165, 1.54) is 23.1 Å². The number of benzene rings is 1. The first-order valence-electron chi connectivity index (χ1n) is 15.8. The fraction of sp³-hybridized carbons (Fsp3) is 0.606. The van der Waals surface area contributed by atoms with Crippen molar-refractivity contribution in [1.82, 2.24) is 24.9 Å². The molecule has 2 aromatic rings. The Balaban J connectivity index is 1.41.